The molecular weight excluding hydrogens is 472 g/mol. The number of ether oxygens (including phenoxy) is 1. The highest BCUT2D eigenvalue weighted by Gasteiger charge is 2.21. The van der Waals surface area contributed by atoms with Crippen molar-refractivity contribution >= 4 is 28.6 Å². The number of nitrogens with one attached hydrogen (secondary N) is 1. The van der Waals surface area contributed by atoms with Crippen LogP contribution in [0.4, 0.5) is 10.5 Å². The lowest BCUT2D eigenvalue weighted by Crippen LogP contribution is -2.29. The van der Waals surface area contributed by atoms with Gasteiger partial charge in [-0.1, -0.05) is 12.5 Å². The zero-order chi connectivity index (χ0) is 25.8. The van der Waals surface area contributed by atoms with Crippen molar-refractivity contribution in [2.45, 2.75) is 32.7 Å². The molecule has 10 heteroatoms. The average Bonchev–Trinajstić information content (AvgIpc) is 3.30. The number of benzene rings is 1. The van der Waals surface area contributed by atoms with Crippen LogP contribution in [-0.4, -0.2) is 61.5 Å². The number of aromatic carboxylic acids is 1. The molecule has 4 heterocycles. The van der Waals surface area contributed by atoms with E-state index in [1.165, 1.54) is 25.5 Å². The molecule has 5 rings (SSSR count). The number of piperidine rings is 1. The topological polar surface area (TPSA) is 122 Å². The van der Waals surface area contributed by atoms with E-state index in [1.807, 2.05) is 19.2 Å². The van der Waals surface area contributed by atoms with Crippen molar-refractivity contribution in [3.63, 3.8) is 0 Å². The van der Waals surface area contributed by atoms with Gasteiger partial charge in [0.15, 0.2) is 5.69 Å². The van der Waals surface area contributed by atoms with Gasteiger partial charge in [-0.2, -0.15) is 9.78 Å². The van der Waals surface area contributed by atoms with Crippen LogP contribution in [0.5, 0.6) is 5.88 Å². The number of aromatic nitrogens is 4. The molecule has 4 aromatic rings. The van der Waals surface area contributed by atoms with E-state index in [1.54, 1.807) is 30.5 Å². The lowest BCUT2D eigenvalue weighted by atomic mass is 10.0. The van der Waals surface area contributed by atoms with Crippen molar-refractivity contribution in [3.05, 3.63) is 66.2 Å². The van der Waals surface area contributed by atoms with Crippen LogP contribution in [0.1, 0.15) is 42.2 Å². The van der Waals surface area contributed by atoms with Crippen LogP contribution in [0, 0.1) is 0 Å². The van der Waals surface area contributed by atoms with Gasteiger partial charge in [-0.25, -0.2) is 14.6 Å². The first-order valence-corrected chi connectivity index (χ1v) is 12.3. The van der Waals surface area contributed by atoms with Crippen LogP contribution < -0.4 is 10.1 Å². The predicted octanol–water partition coefficient (Wildman–Crippen LogP) is 4.66. The van der Waals surface area contributed by atoms with E-state index >= 15 is 0 Å². The van der Waals surface area contributed by atoms with Crippen LogP contribution in [0.3, 0.4) is 0 Å². The number of carboxylic acid groups (broad SMARTS) is 1. The van der Waals surface area contributed by atoms with Gasteiger partial charge in [0.25, 0.3) is 0 Å². The number of carbonyl (C=O) groups excluding carboxylic acids is 1. The molecule has 0 atom stereocenters. The molecule has 190 valence electrons. The highest BCUT2D eigenvalue weighted by molar-refractivity contribution is 6.06. The van der Waals surface area contributed by atoms with Crippen LogP contribution in [0.25, 0.3) is 22.0 Å². The summed E-state index contributed by atoms with van der Waals surface area (Å²) in [4.78, 5) is 35.9. The Bertz CT molecular complexity index is 1430. The van der Waals surface area contributed by atoms with Crippen molar-refractivity contribution in [2.24, 2.45) is 0 Å². The van der Waals surface area contributed by atoms with Crippen molar-refractivity contribution in [1.29, 1.82) is 0 Å². The van der Waals surface area contributed by atoms with E-state index in [0.717, 1.165) is 41.0 Å². The minimum absolute atomic E-state index is 0.200. The largest absolute Gasteiger partial charge is 0.478 e. The molecule has 1 aliphatic rings. The number of amides is 1. The number of hydrogen-bond donors (Lipinski definition) is 2. The van der Waals surface area contributed by atoms with E-state index in [4.69, 9.17) is 4.74 Å². The smallest absolute Gasteiger partial charge is 0.357 e. The maximum atomic E-state index is 13.0. The molecule has 2 N–H and O–H groups in total. The van der Waals surface area contributed by atoms with Crippen LogP contribution in [0.2, 0.25) is 0 Å². The third kappa shape index (κ3) is 5.44. The van der Waals surface area contributed by atoms with Crippen molar-refractivity contribution in [3.8, 4) is 17.0 Å². The SMILES string of the molecule is CCOc1ccc(NC(=O)n2nc(C(=O)O)c3cc(-c4cncc(CN5CCCCC5)c4)ccc32)cn1. The maximum Gasteiger partial charge on any atom is 0.357 e. The second-order valence-corrected chi connectivity index (χ2v) is 8.96. The molecule has 37 heavy (non-hydrogen) atoms. The van der Waals surface area contributed by atoms with Gasteiger partial charge in [0.2, 0.25) is 5.88 Å². The number of hydrogen-bond acceptors (Lipinski definition) is 7. The minimum atomic E-state index is -1.21. The fourth-order valence-electron chi connectivity index (χ4n) is 4.58. The Balaban J connectivity index is 1.42. The molecular formula is C27H28N6O4. The molecule has 0 saturated carbocycles. The zero-order valence-electron chi connectivity index (χ0n) is 20.6. The zero-order valence-corrected chi connectivity index (χ0v) is 20.6. The lowest BCUT2D eigenvalue weighted by molar-refractivity contribution is 0.0692. The molecule has 0 spiro atoms. The second kappa shape index (κ2) is 10.8. The number of anilines is 1. The summed E-state index contributed by atoms with van der Waals surface area (Å²) in [6.45, 7) is 5.35. The fraction of sp³-hybridized carbons (Fsp3) is 0.296. The van der Waals surface area contributed by atoms with Gasteiger partial charge in [0.05, 0.1) is 24.0 Å². The van der Waals surface area contributed by atoms with E-state index in [9.17, 15) is 14.7 Å². The minimum Gasteiger partial charge on any atom is -0.478 e. The average molecular weight is 501 g/mol. The van der Waals surface area contributed by atoms with Gasteiger partial charge in [-0.05, 0) is 68.2 Å². The van der Waals surface area contributed by atoms with E-state index in [2.05, 4.69) is 31.3 Å². The van der Waals surface area contributed by atoms with Crippen molar-refractivity contribution in [1.82, 2.24) is 24.6 Å². The summed E-state index contributed by atoms with van der Waals surface area (Å²) in [5.41, 5.74) is 3.41. The predicted molar refractivity (Wildman–Crippen MR) is 139 cm³/mol. The Hall–Kier alpha value is -4.31. The van der Waals surface area contributed by atoms with Gasteiger partial charge in [-0.3, -0.25) is 9.88 Å². The third-order valence-electron chi connectivity index (χ3n) is 6.34. The number of nitrogens with zero attached hydrogens (tertiary/aromatic N) is 5. The first-order valence-electron chi connectivity index (χ1n) is 12.3. The molecule has 1 amide bonds. The summed E-state index contributed by atoms with van der Waals surface area (Å²) in [7, 11) is 0. The maximum absolute atomic E-state index is 13.0. The molecule has 1 aromatic carbocycles. The first kappa shape index (κ1) is 24.4. The van der Waals surface area contributed by atoms with Crippen LogP contribution in [-0.2, 0) is 6.54 Å². The second-order valence-electron chi connectivity index (χ2n) is 8.96. The fourth-order valence-corrected chi connectivity index (χ4v) is 4.58. The normalized spacial score (nSPS) is 14.0. The Morgan fingerprint density at radius 1 is 1.03 bits per heavy atom. The molecule has 0 bridgehead atoms. The van der Waals surface area contributed by atoms with Crippen LogP contribution >= 0.6 is 0 Å². The molecule has 10 nitrogen and oxygen atoms in total. The quantitative estimate of drug-likeness (QED) is 0.376. The number of rotatable bonds is 7. The number of carbonyl (C=O) groups is 2. The molecule has 0 radical (unpaired) electrons. The highest BCUT2D eigenvalue weighted by atomic mass is 16.5. The summed E-state index contributed by atoms with van der Waals surface area (Å²) >= 11 is 0. The monoisotopic (exact) mass is 500 g/mol. The lowest BCUT2D eigenvalue weighted by Gasteiger charge is -2.26. The van der Waals surface area contributed by atoms with Gasteiger partial charge < -0.3 is 15.2 Å². The number of fused-ring (bicyclic) bond motifs is 1. The third-order valence-corrected chi connectivity index (χ3v) is 6.34. The van der Waals surface area contributed by atoms with Gasteiger partial charge in [-0.15, -0.1) is 0 Å². The van der Waals surface area contributed by atoms with E-state index < -0.39 is 12.0 Å². The van der Waals surface area contributed by atoms with Crippen LogP contribution in [0.15, 0.2) is 55.0 Å². The number of likely N-dealkylation sites (tertiary alicyclic amines) is 1. The van der Waals surface area contributed by atoms with Gasteiger partial charge in [0.1, 0.15) is 0 Å². The van der Waals surface area contributed by atoms with Crippen molar-refractivity contribution < 1.29 is 19.4 Å². The Kier molecular flexibility index (Phi) is 7.09. The summed E-state index contributed by atoms with van der Waals surface area (Å²) < 4.78 is 6.38. The molecule has 1 aliphatic heterocycles. The molecule has 3 aromatic heterocycles. The van der Waals surface area contributed by atoms with Crippen molar-refractivity contribution in [2.75, 3.05) is 25.0 Å². The van der Waals surface area contributed by atoms with E-state index in [-0.39, 0.29) is 5.69 Å². The Morgan fingerprint density at radius 2 is 1.86 bits per heavy atom. The summed E-state index contributed by atoms with van der Waals surface area (Å²) in [6, 6.07) is 10.1. The summed E-state index contributed by atoms with van der Waals surface area (Å²) in [5.74, 6) is -0.770. The van der Waals surface area contributed by atoms with Gasteiger partial charge >= 0.3 is 12.0 Å². The first-order chi connectivity index (χ1) is 18.0. The molecule has 1 saturated heterocycles. The molecule has 1 fully saturated rings. The molecule has 0 aliphatic carbocycles. The number of pyridine rings is 2. The summed E-state index contributed by atoms with van der Waals surface area (Å²) in [6.07, 6.45) is 8.82. The standard InChI is InChI=1S/C27H28N6O4/c1-2-37-24-9-7-21(16-29-24)30-27(36)33-23-8-6-19(13-22(23)25(31-33)26(34)35)20-12-18(14-28-15-20)17-32-10-4-3-5-11-32/h6-9,12-16H,2-5,10-11,17H2,1H3,(H,30,36)(H,34,35). The summed E-state index contributed by atoms with van der Waals surface area (Å²) in [5, 5.41) is 17.0. The van der Waals surface area contributed by atoms with E-state index in [0.29, 0.717) is 29.1 Å². The van der Waals surface area contributed by atoms with Gasteiger partial charge in [0, 0.05) is 36.0 Å². The highest BCUT2D eigenvalue weighted by Crippen LogP contribution is 2.28. The number of carboxylic acids is 1. The Morgan fingerprint density at radius 3 is 2.59 bits per heavy atom. The Labute approximate surface area is 213 Å². The molecule has 0 unspecified atom stereocenters.